The van der Waals surface area contributed by atoms with Crippen molar-refractivity contribution in [1.82, 2.24) is 14.5 Å². The van der Waals surface area contributed by atoms with Crippen LogP contribution >= 0.6 is 23.2 Å². The fourth-order valence-electron chi connectivity index (χ4n) is 5.56. The van der Waals surface area contributed by atoms with E-state index in [-0.39, 0.29) is 21.6 Å². The van der Waals surface area contributed by atoms with E-state index in [1.54, 1.807) is 29.1 Å². The Kier molecular flexibility index (Phi) is 6.91. The van der Waals surface area contributed by atoms with Gasteiger partial charge in [0.25, 0.3) is 5.56 Å². The molecule has 2 aliphatic rings. The number of nitrogens with zero attached hydrogens (tertiary/aromatic N) is 4. The van der Waals surface area contributed by atoms with Gasteiger partial charge in [0.1, 0.15) is 11.5 Å². The summed E-state index contributed by atoms with van der Waals surface area (Å²) in [7, 11) is 2.98. The lowest BCUT2D eigenvalue weighted by molar-refractivity contribution is 0.186. The molecule has 4 aromatic rings. The zero-order valence-corrected chi connectivity index (χ0v) is 23.6. The van der Waals surface area contributed by atoms with Gasteiger partial charge in [0.2, 0.25) is 0 Å². The lowest BCUT2D eigenvalue weighted by atomic mass is 9.67. The topological polar surface area (TPSA) is 99.3 Å². The van der Waals surface area contributed by atoms with Gasteiger partial charge in [-0.1, -0.05) is 23.2 Å². The van der Waals surface area contributed by atoms with E-state index in [4.69, 9.17) is 42.4 Å². The predicted molar refractivity (Wildman–Crippen MR) is 153 cm³/mol. The van der Waals surface area contributed by atoms with Crippen LogP contribution in [-0.4, -0.2) is 42.0 Å². The maximum absolute atomic E-state index is 14.2. The van der Waals surface area contributed by atoms with Crippen LogP contribution in [0.1, 0.15) is 37.4 Å². The number of aromatic nitrogens is 3. The van der Waals surface area contributed by atoms with Gasteiger partial charge in [0, 0.05) is 41.6 Å². The number of halogens is 2. The predicted octanol–water partition coefficient (Wildman–Crippen LogP) is 6.36. The number of nitriles is 1. The molecule has 1 saturated heterocycles. The largest absolute Gasteiger partial charge is 0.495 e. The SMILES string of the molecule is COc1cc(OC)c(Cl)c(-c2cc3cnc(-c4ccc(C5(C#N)CCC5)nc4)cc3n(C3CCOC3)c2=O)c1Cl. The van der Waals surface area contributed by atoms with E-state index < -0.39 is 5.41 Å². The van der Waals surface area contributed by atoms with E-state index in [9.17, 15) is 10.1 Å². The zero-order valence-electron chi connectivity index (χ0n) is 22.0. The van der Waals surface area contributed by atoms with Crippen molar-refractivity contribution >= 4 is 34.1 Å². The van der Waals surface area contributed by atoms with Crippen molar-refractivity contribution < 1.29 is 14.2 Å². The molecule has 1 aliphatic carbocycles. The highest BCUT2D eigenvalue weighted by atomic mass is 35.5. The van der Waals surface area contributed by atoms with Crippen LogP contribution in [-0.2, 0) is 10.2 Å². The number of rotatable bonds is 6. The lowest BCUT2D eigenvalue weighted by Gasteiger charge is -2.34. The van der Waals surface area contributed by atoms with Gasteiger partial charge >= 0.3 is 0 Å². The standard InChI is InChI=1S/C30H26Cl2N4O4/c1-38-23-12-24(39-2)28(32)26(27(23)31)20-10-18-14-34-21(11-22(18)36(29(20)37)19-6-9-40-15-19)17-4-5-25(35-13-17)30(16-33)7-3-8-30/h4-5,10-14,19H,3,6-9,15H2,1-2H3. The second-order valence-electron chi connectivity index (χ2n) is 10.1. The number of fused-ring (bicyclic) bond motifs is 1. The Morgan fingerprint density at radius 2 is 1.82 bits per heavy atom. The first-order chi connectivity index (χ1) is 19.4. The van der Waals surface area contributed by atoms with Crippen LogP contribution in [0.3, 0.4) is 0 Å². The summed E-state index contributed by atoms with van der Waals surface area (Å²) in [5.74, 6) is 0.690. The van der Waals surface area contributed by atoms with Crippen LogP contribution in [0.2, 0.25) is 10.0 Å². The van der Waals surface area contributed by atoms with Crippen molar-refractivity contribution in [2.24, 2.45) is 0 Å². The Hall–Kier alpha value is -3.64. The minimum Gasteiger partial charge on any atom is -0.495 e. The fraction of sp³-hybridized carbons (Fsp3) is 0.333. The zero-order chi connectivity index (χ0) is 28.0. The summed E-state index contributed by atoms with van der Waals surface area (Å²) in [6, 6.07) is 11.3. The van der Waals surface area contributed by atoms with E-state index in [2.05, 4.69) is 11.1 Å². The molecule has 8 nitrogen and oxygen atoms in total. The minimum atomic E-state index is -0.486. The first-order valence-corrected chi connectivity index (χ1v) is 13.8. The third kappa shape index (κ3) is 4.21. The van der Waals surface area contributed by atoms with Gasteiger partial charge in [-0.3, -0.25) is 14.8 Å². The van der Waals surface area contributed by atoms with Gasteiger partial charge in [-0.25, -0.2) is 0 Å². The van der Waals surface area contributed by atoms with Crippen molar-refractivity contribution in [1.29, 1.82) is 5.26 Å². The molecule has 10 heteroatoms. The van der Waals surface area contributed by atoms with Crippen LogP contribution in [0.15, 0.2) is 47.5 Å². The summed E-state index contributed by atoms with van der Waals surface area (Å²) >= 11 is 13.4. The quantitative estimate of drug-likeness (QED) is 0.263. The van der Waals surface area contributed by atoms with E-state index in [1.807, 2.05) is 18.2 Å². The minimum absolute atomic E-state index is 0.176. The Bertz CT molecular complexity index is 1690. The van der Waals surface area contributed by atoms with E-state index in [1.165, 1.54) is 14.2 Å². The smallest absolute Gasteiger partial charge is 0.259 e. The highest BCUT2D eigenvalue weighted by molar-refractivity contribution is 6.41. The van der Waals surface area contributed by atoms with E-state index in [0.717, 1.165) is 35.9 Å². The summed E-state index contributed by atoms with van der Waals surface area (Å²) < 4.78 is 18.3. The maximum Gasteiger partial charge on any atom is 0.259 e. The molecule has 40 heavy (non-hydrogen) atoms. The molecular weight excluding hydrogens is 551 g/mol. The summed E-state index contributed by atoms with van der Waals surface area (Å²) in [5.41, 5.74) is 2.89. The van der Waals surface area contributed by atoms with Crippen LogP contribution in [0, 0.1) is 11.3 Å². The molecular formula is C30H26Cl2N4O4. The molecule has 1 saturated carbocycles. The summed E-state index contributed by atoms with van der Waals surface area (Å²) in [4.78, 5) is 23.5. The summed E-state index contributed by atoms with van der Waals surface area (Å²) in [6.45, 7) is 0.965. The molecule has 4 heterocycles. The highest BCUT2D eigenvalue weighted by Gasteiger charge is 2.40. The van der Waals surface area contributed by atoms with Gasteiger partial charge in [-0.05, 0) is 49.9 Å². The first-order valence-electron chi connectivity index (χ1n) is 13.0. The van der Waals surface area contributed by atoms with E-state index >= 15 is 0 Å². The molecule has 1 unspecified atom stereocenters. The average molecular weight is 577 g/mol. The number of hydrogen-bond donors (Lipinski definition) is 0. The summed E-state index contributed by atoms with van der Waals surface area (Å²) in [6.07, 6.45) is 6.86. The Morgan fingerprint density at radius 3 is 2.38 bits per heavy atom. The Labute approximate surface area is 241 Å². The van der Waals surface area contributed by atoms with Gasteiger partial charge in [0.15, 0.2) is 0 Å². The van der Waals surface area contributed by atoms with Crippen molar-refractivity contribution in [2.75, 3.05) is 27.4 Å². The number of hydrogen-bond acceptors (Lipinski definition) is 7. The number of ether oxygens (including phenoxy) is 3. The van der Waals surface area contributed by atoms with Gasteiger partial charge < -0.3 is 18.8 Å². The van der Waals surface area contributed by atoms with Gasteiger partial charge in [0.05, 0.1) is 70.9 Å². The third-order valence-electron chi connectivity index (χ3n) is 8.00. The monoisotopic (exact) mass is 576 g/mol. The number of pyridine rings is 3. The molecule has 0 bridgehead atoms. The molecule has 6 rings (SSSR count). The van der Waals surface area contributed by atoms with E-state index in [0.29, 0.717) is 53.5 Å². The van der Waals surface area contributed by atoms with Gasteiger partial charge in [-0.2, -0.15) is 5.26 Å². The Balaban J connectivity index is 1.53. The van der Waals surface area contributed by atoms with Crippen molar-refractivity contribution in [3.05, 3.63) is 68.8 Å². The molecule has 0 radical (unpaired) electrons. The van der Waals surface area contributed by atoms with Crippen molar-refractivity contribution in [3.8, 4) is 40.0 Å². The molecule has 1 atom stereocenters. The normalized spacial score (nSPS) is 17.8. The molecule has 0 amide bonds. The fourth-order valence-corrected chi connectivity index (χ4v) is 6.27. The van der Waals surface area contributed by atoms with Crippen LogP contribution < -0.4 is 15.0 Å². The number of benzene rings is 1. The molecule has 0 N–H and O–H groups in total. The summed E-state index contributed by atoms with van der Waals surface area (Å²) in [5, 5.41) is 10.9. The highest BCUT2D eigenvalue weighted by Crippen LogP contribution is 2.46. The van der Waals surface area contributed by atoms with Crippen LogP contribution in [0.4, 0.5) is 0 Å². The Morgan fingerprint density at radius 1 is 1.07 bits per heavy atom. The molecule has 3 aromatic heterocycles. The second kappa shape index (κ2) is 10.4. The van der Waals surface area contributed by atoms with Gasteiger partial charge in [-0.15, -0.1) is 0 Å². The number of methoxy groups -OCH3 is 2. The van der Waals surface area contributed by atoms with Crippen molar-refractivity contribution in [2.45, 2.75) is 37.1 Å². The molecule has 0 spiro atoms. The first kappa shape index (κ1) is 26.6. The third-order valence-corrected chi connectivity index (χ3v) is 8.76. The van der Waals surface area contributed by atoms with Crippen LogP contribution in [0.25, 0.3) is 33.3 Å². The maximum atomic E-state index is 14.2. The average Bonchev–Trinajstić information content (AvgIpc) is 3.48. The molecule has 1 aromatic carbocycles. The molecule has 204 valence electrons. The second-order valence-corrected chi connectivity index (χ2v) is 10.9. The molecule has 2 fully saturated rings. The van der Waals surface area contributed by atoms with Crippen LogP contribution in [0.5, 0.6) is 11.5 Å². The van der Waals surface area contributed by atoms with Crippen molar-refractivity contribution in [3.63, 3.8) is 0 Å². The molecule has 1 aliphatic heterocycles. The lowest BCUT2D eigenvalue weighted by Crippen LogP contribution is -2.33.